The average molecular weight is 777 g/mol. The Kier molecular flexibility index (Phi) is 15.7. The van der Waals surface area contributed by atoms with Crippen molar-refractivity contribution in [2.45, 2.75) is 116 Å². The summed E-state index contributed by atoms with van der Waals surface area (Å²) in [5.41, 5.74) is 2.14. The number of benzene rings is 3. The van der Waals surface area contributed by atoms with Gasteiger partial charge in [-0.15, -0.1) is 0 Å². The highest BCUT2D eigenvalue weighted by molar-refractivity contribution is 6.40. The molecule has 3 aromatic carbocycles. The predicted molar refractivity (Wildman–Crippen MR) is 215 cm³/mol. The highest BCUT2D eigenvalue weighted by Crippen LogP contribution is 2.33. The molecule has 276 valence electrons. The number of halogens is 4. The van der Waals surface area contributed by atoms with Gasteiger partial charge < -0.3 is 15.4 Å². The lowest BCUT2D eigenvalue weighted by Gasteiger charge is -2.24. The molecular weight excluding hydrogens is 726 g/mol. The molecule has 0 spiro atoms. The average Bonchev–Trinajstić information content (AvgIpc) is 3.44. The van der Waals surface area contributed by atoms with Crippen LogP contribution in [0.2, 0.25) is 20.1 Å². The van der Waals surface area contributed by atoms with Gasteiger partial charge in [0.15, 0.2) is 6.10 Å². The zero-order valence-electron chi connectivity index (χ0n) is 30.0. The molecule has 0 radical (unpaired) electrons. The van der Waals surface area contributed by atoms with Crippen LogP contribution >= 0.6 is 46.4 Å². The molecule has 1 heterocycles. The van der Waals surface area contributed by atoms with Crippen LogP contribution < -0.4 is 20.9 Å². The minimum absolute atomic E-state index is 0.0528. The van der Waals surface area contributed by atoms with Crippen LogP contribution in [0.25, 0.3) is 5.69 Å². The lowest BCUT2D eigenvalue weighted by atomic mass is 9.82. The molecule has 0 fully saturated rings. The minimum atomic E-state index is -0.685. The van der Waals surface area contributed by atoms with Gasteiger partial charge in [-0.1, -0.05) is 144 Å². The molecule has 0 saturated carbocycles. The van der Waals surface area contributed by atoms with Crippen molar-refractivity contribution in [1.82, 2.24) is 9.78 Å². The van der Waals surface area contributed by atoms with Crippen LogP contribution in [0.5, 0.6) is 5.75 Å². The van der Waals surface area contributed by atoms with Crippen LogP contribution in [-0.4, -0.2) is 21.8 Å². The Balaban J connectivity index is 1.44. The van der Waals surface area contributed by atoms with Gasteiger partial charge in [-0.2, -0.15) is 0 Å². The van der Waals surface area contributed by atoms with Crippen molar-refractivity contribution in [3.8, 4) is 11.4 Å². The van der Waals surface area contributed by atoms with Crippen molar-refractivity contribution in [3.63, 3.8) is 0 Å². The van der Waals surface area contributed by atoms with E-state index in [1.807, 2.05) is 12.1 Å². The number of carbonyl (C=O) groups is 1. The van der Waals surface area contributed by atoms with Gasteiger partial charge >= 0.3 is 0 Å². The third kappa shape index (κ3) is 12.0. The third-order valence-electron chi connectivity index (χ3n) is 9.34. The first-order valence-electron chi connectivity index (χ1n) is 18.0. The third-order valence-corrected chi connectivity index (χ3v) is 10.5. The number of ether oxygens (including phenoxy) is 1. The number of H-pyrrole nitrogens is 1. The summed E-state index contributed by atoms with van der Waals surface area (Å²) < 4.78 is 7.56. The van der Waals surface area contributed by atoms with E-state index >= 15 is 0 Å². The van der Waals surface area contributed by atoms with E-state index in [9.17, 15) is 9.59 Å². The van der Waals surface area contributed by atoms with E-state index < -0.39 is 11.7 Å². The molecule has 1 unspecified atom stereocenters. The quantitative estimate of drug-likeness (QED) is 0.0780. The van der Waals surface area contributed by atoms with Gasteiger partial charge in [-0.25, -0.2) is 4.68 Å². The van der Waals surface area contributed by atoms with Crippen molar-refractivity contribution in [2.24, 2.45) is 0 Å². The van der Waals surface area contributed by atoms with Gasteiger partial charge in [0.2, 0.25) is 0 Å². The number of aromatic amines is 1. The Morgan fingerprint density at radius 2 is 1.41 bits per heavy atom. The monoisotopic (exact) mass is 774 g/mol. The highest BCUT2D eigenvalue weighted by atomic mass is 35.5. The maximum Gasteiger partial charge on any atom is 0.273 e. The second kappa shape index (κ2) is 19.7. The summed E-state index contributed by atoms with van der Waals surface area (Å²) in [5.74, 6) is 0.749. The molecule has 0 saturated heterocycles. The fourth-order valence-electron chi connectivity index (χ4n) is 5.85. The first-order chi connectivity index (χ1) is 24.4. The van der Waals surface area contributed by atoms with Crippen LogP contribution in [0.4, 0.5) is 17.2 Å². The Morgan fingerprint density at radius 3 is 2.02 bits per heavy atom. The van der Waals surface area contributed by atoms with Crippen molar-refractivity contribution >= 4 is 69.5 Å². The van der Waals surface area contributed by atoms with E-state index in [2.05, 4.69) is 55.6 Å². The van der Waals surface area contributed by atoms with E-state index in [4.69, 9.17) is 51.1 Å². The number of nitrogens with one attached hydrogen (secondary N) is 3. The summed E-state index contributed by atoms with van der Waals surface area (Å²) in [4.78, 5) is 26.6. The standard InChI is InChI=1S/C40H50Cl4N4O3/c1-5-7-8-9-10-11-12-13-14-15-16-35(51-30-20-17-27(18-21-30)40(3,4)6-2)39(50)45-29-19-22-31(42)34(25-29)46-36-26-37(49)48(47-36)38-32(43)23-28(41)24-33(38)44/h17-26,35,46-47H,5-16H2,1-4H3,(H,45,50). The summed E-state index contributed by atoms with van der Waals surface area (Å²) in [6.07, 6.45) is 13.0. The van der Waals surface area contributed by atoms with E-state index in [0.717, 1.165) is 25.7 Å². The molecule has 1 amide bonds. The molecule has 3 N–H and O–H groups in total. The number of hydrogen-bond donors (Lipinski definition) is 3. The lowest BCUT2D eigenvalue weighted by molar-refractivity contribution is -0.123. The molecule has 11 heteroatoms. The van der Waals surface area contributed by atoms with E-state index in [1.54, 1.807) is 18.2 Å². The van der Waals surface area contributed by atoms with Crippen LogP contribution in [0.15, 0.2) is 65.5 Å². The number of unbranched alkanes of at least 4 members (excludes halogenated alkanes) is 9. The largest absolute Gasteiger partial charge is 0.481 e. The SMILES string of the molecule is CCCCCCCCCCCCC(Oc1ccc(C(C)(C)CC)cc1)C(=O)Nc1ccc(Cl)c(Nc2cc(=O)n(-c3c(Cl)cc(Cl)cc3Cl)[nH]2)c1. The van der Waals surface area contributed by atoms with Crippen LogP contribution in [0.3, 0.4) is 0 Å². The second-order valence-corrected chi connectivity index (χ2v) is 15.4. The Labute approximate surface area is 322 Å². The summed E-state index contributed by atoms with van der Waals surface area (Å²) in [5, 5.41) is 10.3. The molecule has 51 heavy (non-hydrogen) atoms. The Bertz CT molecular complexity index is 1760. The minimum Gasteiger partial charge on any atom is -0.481 e. The number of anilines is 3. The molecule has 1 aromatic heterocycles. The van der Waals surface area contributed by atoms with Crippen molar-refractivity contribution in [1.29, 1.82) is 0 Å². The molecular formula is C40H50Cl4N4O3. The zero-order valence-corrected chi connectivity index (χ0v) is 33.0. The van der Waals surface area contributed by atoms with Crippen molar-refractivity contribution in [3.05, 3.63) is 96.7 Å². The molecule has 0 bridgehead atoms. The van der Waals surface area contributed by atoms with Crippen LogP contribution in [0.1, 0.15) is 110 Å². The lowest BCUT2D eigenvalue weighted by Crippen LogP contribution is -2.33. The zero-order chi connectivity index (χ0) is 37.0. The molecule has 0 aliphatic rings. The second-order valence-electron chi connectivity index (χ2n) is 13.7. The van der Waals surface area contributed by atoms with Gasteiger partial charge in [0, 0.05) is 16.8 Å². The number of carbonyl (C=O) groups excluding carboxylic acids is 1. The summed E-state index contributed by atoms with van der Waals surface area (Å²) in [6.45, 7) is 8.86. The van der Waals surface area contributed by atoms with Crippen molar-refractivity contribution < 1.29 is 9.53 Å². The highest BCUT2D eigenvalue weighted by Gasteiger charge is 2.23. The molecule has 4 rings (SSSR count). The maximum atomic E-state index is 13.8. The summed E-state index contributed by atoms with van der Waals surface area (Å²) in [7, 11) is 0. The van der Waals surface area contributed by atoms with Gasteiger partial charge in [0.1, 0.15) is 17.3 Å². The smallest absolute Gasteiger partial charge is 0.273 e. The van der Waals surface area contributed by atoms with Gasteiger partial charge in [-0.05, 0) is 72.7 Å². The molecule has 0 aliphatic heterocycles. The first-order valence-corrected chi connectivity index (χ1v) is 19.5. The van der Waals surface area contributed by atoms with E-state index in [1.165, 1.54) is 73.4 Å². The number of aromatic nitrogens is 2. The van der Waals surface area contributed by atoms with E-state index in [0.29, 0.717) is 39.4 Å². The summed E-state index contributed by atoms with van der Waals surface area (Å²) in [6, 6.07) is 17.5. The van der Waals surface area contributed by atoms with E-state index in [-0.39, 0.29) is 27.1 Å². The first kappa shape index (κ1) is 40.7. The molecule has 4 aromatic rings. The maximum absolute atomic E-state index is 13.8. The number of hydrogen-bond acceptors (Lipinski definition) is 4. The summed E-state index contributed by atoms with van der Waals surface area (Å²) >= 11 is 25.3. The normalized spacial score (nSPS) is 12.2. The van der Waals surface area contributed by atoms with Crippen molar-refractivity contribution in [2.75, 3.05) is 10.6 Å². The predicted octanol–water partition coefficient (Wildman–Crippen LogP) is 12.9. The Morgan fingerprint density at radius 1 is 0.804 bits per heavy atom. The fourth-order valence-corrected chi connectivity index (χ4v) is 7.01. The van der Waals surface area contributed by atoms with Crippen LogP contribution in [0, 0.1) is 0 Å². The number of nitrogens with zero attached hydrogens (tertiary/aromatic N) is 1. The van der Waals surface area contributed by atoms with Gasteiger partial charge in [0.05, 0.1) is 20.8 Å². The number of amides is 1. The topological polar surface area (TPSA) is 88.2 Å². The molecule has 7 nitrogen and oxygen atoms in total. The van der Waals surface area contributed by atoms with Gasteiger partial charge in [-0.3, -0.25) is 14.7 Å². The Hall–Kier alpha value is -3.10. The molecule has 1 atom stereocenters. The van der Waals surface area contributed by atoms with Gasteiger partial charge in [0.25, 0.3) is 11.5 Å². The van der Waals surface area contributed by atoms with Crippen LogP contribution in [-0.2, 0) is 10.2 Å². The number of rotatable bonds is 20. The fraction of sp³-hybridized carbons (Fsp3) is 0.450. The molecule has 0 aliphatic carbocycles.